The number of carbonyl (C=O) groups excluding carboxylic acids is 2. The van der Waals surface area contributed by atoms with E-state index in [1.54, 1.807) is 4.90 Å². The van der Waals surface area contributed by atoms with Gasteiger partial charge < -0.3 is 15.1 Å². The number of likely N-dealkylation sites (tertiary alicyclic amines) is 1. The Morgan fingerprint density at radius 3 is 2.50 bits per heavy atom. The fraction of sp³-hybridized carbons (Fsp3) is 0.600. The summed E-state index contributed by atoms with van der Waals surface area (Å²) in [6.45, 7) is 7.00. The van der Waals surface area contributed by atoms with E-state index in [1.165, 1.54) is 6.42 Å². The lowest BCUT2D eigenvalue weighted by Crippen LogP contribution is -2.42. The van der Waals surface area contributed by atoms with Crippen molar-refractivity contribution in [1.29, 1.82) is 0 Å². The number of nitrogens with one attached hydrogen (secondary N) is 1. The molecule has 2 rings (SSSR count). The molecule has 1 aliphatic rings. The van der Waals surface area contributed by atoms with Gasteiger partial charge in [-0.05, 0) is 50.0 Å². The first kappa shape index (κ1) is 22.5. The lowest BCUT2D eigenvalue weighted by molar-refractivity contribution is -0.133. The maximum atomic E-state index is 12.7. The van der Waals surface area contributed by atoms with E-state index >= 15 is 0 Å². The molecule has 1 saturated heterocycles. The van der Waals surface area contributed by atoms with Gasteiger partial charge in [0.1, 0.15) is 0 Å². The van der Waals surface area contributed by atoms with Crippen LogP contribution in [0, 0.1) is 11.8 Å². The predicted octanol–water partition coefficient (Wildman–Crippen LogP) is 2.79. The third kappa shape index (κ3) is 5.99. The molecule has 0 aromatic heterocycles. The number of amides is 2. The van der Waals surface area contributed by atoms with Crippen molar-refractivity contribution in [3.8, 4) is 0 Å². The minimum Gasteiger partial charge on any atom is -0.341 e. The van der Waals surface area contributed by atoms with Crippen molar-refractivity contribution < 1.29 is 9.59 Å². The second-order valence-electron chi connectivity index (χ2n) is 7.36. The van der Waals surface area contributed by atoms with Crippen LogP contribution in [0.5, 0.6) is 0 Å². The molecule has 6 heteroatoms. The van der Waals surface area contributed by atoms with Gasteiger partial charge in [-0.25, -0.2) is 0 Å². The summed E-state index contributed by atoms with van der Waals surface area (Å²) in [6, 6.07) is 7.67. The summed E-state index contributed by atoms with van der Waals surface area (Å²) in [4.78, 5) is 28.4. The number of piperidine rings is 1. The predicted molar refractivity (Wildman–Crippen MR) is 108 cm³/mol. The van der Waals surface area contributed by atoms with Crippen LogP contribution >= 0.6 is 12.4 Å². The van der Waals surface area contributed by atoms with E-state index < -0.39 is 0 Å². The van der Waals surface area contributed by atoms with E-state index in [1.807, 2.05) is 57.1 Å². The molecule has 1 unspecified atom stereocenters. The average Bonchev–Trinajstić information content (AvgIpc) is 2.61. The minimum atomic E-state index is -0.00416. The van der Waals surface area contributed by atoms with Crippen LogP contribution in [0.25, 0.3) is 0 Å². The number of hydrogen-bond acceptors (Lipinski definition) is 3. The van der Waals surface area contributed by atoms with Gasteiger partial charge in [0.2, 0.25) is 5.91 Å². The van der Waals surface area contributed by atoms with Crippen molar-refractivity contribution in [3.05, 3.63) is 35.4 Å². The van der Waals surface area contributed by atoms with Crippen molar-refractivity contribution in [2.75, 3.05) is 33.7 Å². The first-order valence-electron chi connectivity index (χ1n) is 9.20. The van der Waals surface area contributed by atoms with Crippen LogP contribution in [0.3, 0.4) is 0 Å². The van der Waals surface area contributed by atoms with Gasteiger partial charge in [-0.2, -0.15) is 0 Å². The van der Waals surface area contributed by atoms with Crippen molar-refractivity contribution in [2.24, 2.45) is 11.8 Å². The van der Waals surface area contributed by atoms with Crippen molar-refractivity contribution in [1.82, 2.24) is 15.1 Å². The lowest BCUT2D eigenvalue weighted by atomic mass is 9.97. The zero-order valence-corrected chi connectivity index (χ0v) is 17.1. The molecule has 1 fully saturated rings. The molecule has 1 aromatic rings. The molecule has 1 aliphatic heterocycles. The quantitative estimate of drug-likeness (QED) is 0.824. The van der Waals surface area contributed by atoms with Gasteiger partial charge in [-0.3, -0.25) is 9.59 Å². The number of carbonyl (C=O) groups is 2. The van der Waals surface area contributed by atoms with Gasteiger partial charge in [-0.15, -0.1) is 12.4 Å². The molecular weight excluding hydrogens is 350 g/mol. The van der Waals surface area contributed by atoms with Crippen LogP contribution in [0.4, 0.5) is 0 Å². The second kappa shape index (κ2) is 10.5. The van der Waals surface area contributed by atoms with Gasteiger partial charge in [0, 0.05) is 38.2 Å². The molecule has 2 amide bonds. The molecule has 1 N–H and O–H groups in total. The van der Waals surface area contributed by atoms with Crippen molar-refractivity contribution in [3.63, 3.8) is 0 Å². The molecule has 0 bridgehead atoms. The summed E-state index contributed by atoms with van der Waals surface area (Å²) in [5.74, 6) is 0.774. The fourth-order valence-electron chi connectivity index (χ4n) is 3.43. The highest BCUT2D eigenvalue weighted by molar-refractivity contribution is 5.94. The van der Waals surface area contributed by atoms with Crippen LogP contribution in [-0.2, 0) is 11.3 Å². The molecule has 0 saturated carbocycles. The zero-order chi connectivity index (χ0) is 18.4. The minimum absolute atomic E-state index is 0. The number of rotatable bonds is 6. The van der Waals surface area contributed by atoms with E-state index in [9.17, 15) is 9.59 Å². The summed E-state index contributed by atoms with van der Waals surface area (Å²) in [6.07, 6.45) is 2.25. The first-order valence-corrected chi connectivity index (χ1v) is 9.20. The Bertz CT molecular complexity index is 587. The molecule has 0 spiro atoms. The summed E-state index contributed by atoms with van der Waals surface area (Å²) in [5.41, 5.74) is 1.77. The topological polar surface area (TPSA) is 52.7 Å². The highest BCUT2D eigenvalue weighted by atomic mass is 35.5. The number of nitrogens with zero attached hydrogens (tertiary/aromatic N) is 2. The van der Waals surface area contributed by atoms with Gasteiger partial charge in [0.05, 0.1) is 0 Å². The van der Waals surface area contributed by atoms with E-state index in [4.69, 9.17) is 0 Å². The number of benzene rings is 1. The summed E-state index contributed by atoms with van der Waals surface area (Å²) in [5, 5.41) is 3.21. The summed E-state index contributed by atoms with van der Waals surface area (Å²) >= 11 is 0. The van der Waals surface area contributed by atoms with Crippen LogP contribution in [-0.4, -0.2) is 55.3 Å². The molecule has 1 atom stereocenters. The maximum absolute atomic E-state index is 12.7. The number of halogens is 1. The molecular formula is C20H32ClN3O2. The SMILES string of the molecule is CNCC1CCCN(C(=O)c2ccc(CN(C)C(=O)C(C)C)cc2)C1.Cl. The van der Waals surface area contributed by atoms with Gasteiger partial charge in [0.15, 0.2) is 0 Å². The zero-order valence-electron chi connectivity index (χ0n) is 16.3. The van der Waals surface area contributed by atoms with E-state index in [0.717, 1.165) is 37.2 Å². The molecule has 0 aliphatic carbocycles. The fourth-order valence-corrected chi connectivity index (χ4v) is 3.43. The Hall–Kier alpha value is -1.59. The molecule has 0 radical (unpaired) electrons. The monoisotopic (exact) mass is 381 g/mol. The standard InChI is InChI=1S/C20H31N3O2.ClH/c1-15(2)19(24)22(4)13-16-7-9-18(10-8-16)20(25)23-11-5-6-17(14-23)12-21-3;/h7-10,15,17,21H,5-6,11-14H2,1-4H3;1H. The molecule has 5 nitrogen and oxygen atoms in total. The van der Waals surface area contributed by atoms with Gasteiger partial charge >= 0.3 is 0 Å². The smallest absolute Gasteiger partial charge is 0.253 e. The van der Waals surface area contributed by atoms with E-state index in [2.05, 4.69) is 5.32 Å². The van der Waals surface area contributed by atoms with Crippen LogP contribution in [0.2, 0.25) is 0 Å². The molecule has 1 heterocycles. The average molecular weight is 382 g/mol. The largest absolute Gasteiger partial charge is 0.341 e. The van der Waals surface area contributed by atoms with Crippen LogP contribution < -0.4 is 5.32 Å². The van der Waals surface area contributed by atoms with Gasteiger partial charge in [0.25, 0.3) is 5.91 Å². The third-order valence-electron chi connectivity index (χ3n) is 4.79. The lowest BCUT2D eigenvalue weighted by Gasteiger charge is -2.32. The summed E-state index contributed by atoms with van der Waals surface area (Å²) in [7, 11) is 3.78. The molecule has 1 aromatic carbocycles. The molecule has 146 valence electrons. The first-order chi connectivity index (χ1) is 11.9. The Balaban J connectivity index is 0.00000338. The Labute approximate surface area is 163 Å². The van der Waals surface area contributed by atoms with E-state index in [-0.39, 0.29) is 30.1 Å². The van der Waals surface area contributed by atoms with Crippen molar-refractivity contribution >= 4 is 24.2 Å². The maximum Gasteiger partial charge on any atom is 0.253 e. The Morgan fingerprint density at radius 2 is 1.92 bits per heavy atom. The van der Waals surface area contributed by atoms with E-state index in [0.29, 0.717) is 12.5 Å². The van der Waals surface area contributed by atoms with Gasteiger partial charge in [-0.1, -0.05) is 26.0 Å². The van der Waals surface area contributed by atoms with Crippen LogP contribution in [0.15, 0.2) is 24.3 Å². The number of hydrogen-bond donors (Lipinski definition) is 1. The highest BCUT2D eigenvalue weighted by Gasteiger charge is 2.24. The normalized spacial score (nSPS) is 17.0. The summed E-state index contributed by atoms with van der Waals surface area (Å²) < 4.78 is 0. The Kier molecular flexibility index (Phi) is 9.09. The Morgan fingerprint density at radius 1 is 1.27 bits per heavy atom. The third-order valence-corrected chi connectivity index (χ3v) is 4.79. The van der Waals surface area contributed by atoms with Crippen molar-refractivity contribution in [2.45, 2.75) is 33.2 Å². The highest BCUT2D eigenvalue weighted by Crippen LogP contribution is 2.18. The molecule has 26 heavy (non-hydrogen) atoms. The second-order valence-corrected chi connectivity index (χ2v) is 7.36. The van der Waals surface area contributed by atoms with Crippen LogP contribution in [0.1, 0.15) is 42.6 Å².